The van der Waals surface area contributed by atoms with Crippen LogP contribution in [0.4, 0.5) is 14.5 Å². The molecule has 2 amide bonds. The molecule has 1 aliphatic heterocycles. The van der Waals surface area contributed by atoms with Gasteiger partial charge in [-0.15, -0.1) is 0 Å². The van der Waals surface area contributed by atoms with E-state index in [0.717, 1.165) is 4.90 Å². The molecule has 1 fully saturated rings. The summed E-state index contributed by atoms with van der Waals surface area (Å²) in [4.78, 5) is 26.9. The lowest BCUT2D eigenvalue weighted by molar-refractivity contribution is -0.138. The molecule has 0 aliphatic carbocycles. The minimum absolute atomic E-state index is 0.0512. The zero-order valence-corrected chi connectivity index (χ0v) is 12.9. The second-order valence-electron chi connectivity index (χ2n) is 5.32. The van der Waals surface area contributed by atoms with Crippen molar-refractivity contribution in [3.05, 3.63) is 29.3 Å². The second-order valence-corrected chi connectivity index (χ2v) is 5.76. The second kappa shape index (κ2) is 7.05. The number of benzene rings is 1. The summed E-state index contributed by atoms with van der Waals surface area (Å²) in [7, 11) is 1.66. The smallest absolute Gasteiger partial charge is 0.256 e. The third-order valence-corrected chi connectivity index (χ3v) is 3.95. The summed E-state index contributed by atoms with van der Waals surface area (Å²) >= 11 is 5.87. The summed E-state index contributed by atoms with van der Waals surface area (Å²) in [6, 6.07) is 6.24. The van der Waals surface area contributed by atoms with Crippen LogP contribution in [0.15, 0.2) is 24.3 Å². The fourth-order valence-corrected chi connectivity index (χ4v) is 2.66. The molecule has 22 heavy (non-hydrogen) atoms. The molecule has 1 atom stereocenters. The van der Waals surface area contributed by atoms with Crippen molar-refractivity contribution >= 4 is 29.1 Å². The Hall–Kier alpha value is -1.69. The summed E-state index contributed by atoms with van der Waals surface area (Å²) in [5.41, 5.74) is 0.323. The minimum atomic E-state index is -2.66. The summed E-state index contributed by atoms with van der Waals surface area (Å²) in [5, 5.41) is 0.365. The van der Waals surface area contributed by atoms with Gasteiger partial charge in [-0.05, 0) is 24.6 Å². The van der Waals surface area contributed by atoms with Crippen LogP contribution >= 0.6 is 11.6 Å². The van der Waals surface area contributed by atoms with Crippen LogP contribution in [0.1, 0.15) is 12.8 Å². The summed E-state index contributed by atoms with van der Waals surface area (Å²) in [5.74, 6) is -1.17. The first kappa shape index (κ1) is 16.7. The van der Waals surface area contributed by atoms with Gasteiger partial charge in [0.15, 0.2) is 0 Å². The van der Waals surface area contributed by atoms with Gasteiger partial charge in [0.25, 0.3) is 6.43 Å². The van der Waals surface area contributed by atoms with Gasteiger partial charge in [-0.2, -0.15) is 0 Å². The number of carbonyl (C=O) groups is 2. The Bertz CT molecular complexity index is 568. The van der Waals surface area contributed by atoms with E-state index in [2.05, 4.69) is 0 Å². The monoisotopic (exact) mass is 330 g/mol. The van der Waals surface area contributed by atoms with E-state index in [-0.39, 0.29) is 12.3 Å². The topological polar surface area (TPSA) is 40.6 Å². The van der Waals surface area contributed by atoms with Crippen molar-refractivity contribution in [1.82, 2.24) is 4.90 Å². The van der Waals surface area contributed by atoms with Gasteiger partial charge in [-0.3, -0.25) is 9.59 Å². The van der Waals surface area contributed by atoms with Crippen molar-refractivity contribution < 1.29 is 18.4 Å². The van der Waals surface area contributed by atoms with E-state index in [0.29, 0.717) is 23.7 Å². The van der Waals surface area contributed by atoms with Gasteiger partial charge in [0.1, 0.15) is 0 Å². The highest BCUT2D eigenvalue weighted by molar-refractivity contribution is 6.30. The van der Waals surface area contributed by atoms with Crippen LogP contribution in [0.5, 0.6) is 0 Å². The number of alkyl halides is 2. The molecule has 1 heterocycles. The Morgan fingerprint density at radius 2 is 2.23 bits per heavy atom. The van der Waals surface area contributed by atoms with Crippen LogP contribution in [0.3, 0.4) is 0 Å². The number of hydrogen-bond acceptors (Lipinski definition) is 2. The highest BCUT2D eigenvalue weighted by Gasteiger charge is 2.33. The third-order valence-electron chi connectivity index (χ3n) is 3.72. The molecule has 4 nitrogen and oxygen atoms in total. The van der Waals surface area contributed by atoms with Crippen LogP contribution in [-0.4, -0.2) is 43.3 Å². The molecule has 7 heteroatoms. The number of nitrogens with zero attached hydrogens (tertiary/aromatic N) is 2. The number of rotatable bonds is 4. The van der Waals surface area contributed by atoms with Gasteiger partial charge in [-0.25, -0.2) is 8.78 Å². The molecule has 0 N–H and O–H groups in total. The lowest BCUT2D eigenvalue weighted by Crippen LogP contribution is -2.45. The molecule has 1 aromatic rings. The van der Waals surface area contributed by atoms with Crippen molar-refractivity contribution in [2.24, 2.45) is 5.92 Å². The van der Waals surface area contributed by atoms with E-state index in [4.69, 9.17) is 11.6 Å². The van der Waals surface area contributed by atoms with Crippen LogP contribution in [0.25, 0.3) is 0 Å². The third kappa shape index (κ3) is 3.94. The Balaban J connectivity index is 2.21. The molecule has 120 valence electrons. The SMILES string of the molecule is CN1CCC(C(=O)N(CC(F)F)c2cccc(Cl)c2)CC1=O. The van der Waals surface area contributed by atoms with Gasteiger partial charge in [0.2, 0.25) is 11.8 Å². The van der Waals surface area contributed by atoms with Crippen molar-refractivity contribution in [3.8, 4) is 0 Å². The normalized spacial score (nSPS) is 18.7. The Morgan fingerprint density at radius 3 is 2.82 bits per heavy atom. The van der Waals surface area contributed by atoms with E-state index < -0.39 is 24.8 Å². The van der Waals surface area contributed by atoms with Crippen molar-refractivity contribution in [2.45, 2.75) is 19.3 Å². The molecule has 1 aromatic carbocycles. The number of amides is 2. The van der Waals surface area contributed by atoms with E-state index in [9.17, 15) is 18.4 Å². The molecule has 0 saturated carbocycles. The van der Waals surface area contributed by atoms with Gasteiger partial charge in [0, 0.05) is 36.6 Å². The van der Waals surface area contributed by atoms with Crippen LogP contribution in [0, 0.1) is 5.92 Å². The largest absolute Gasteiger partial charge is 0.346 e. The molecule has 1 unspecified atom stereocenters. The summed E-state index contributed by atoms with van der Waals surface area (Å²) in [6.07, 6.45) is -2.14. The van der Waals surface area contributed by atoms with E-state index in [1.807, 2.05) is 0 Å². The highest BCUT2D eigenvalue weighted by atomic mass is 35.5. The number of carbonyl (C=O) groups excluding carboxylic acids is 2. The number of anilines is 1. The van der Waals surface area contributed by atoms with Crippen LogP contribution < -0.4 is 4.90 Å². The van der Waals surface area contributed by atoms with Gasteiger partial charge in [0.05, 0.1) is 6.54 Å². The molecular formula is C15H17ClF2N2O2. The maximum absolute atomic E-state index is 12.8. The average Bonchev–Trinajstić information content (AvgIpc) is 2.47. The Morgan fingerprint density at radius 1 is 1.50 bits per heavy atom. The first-order valence-corrected chi connectivity index (χ1v) is 7.35. The minimum Gasteiger partial charge on any atom is -0.346 e. The average molecular weight is 331 g/mol. The predicted molar refractivity (Wildman–Crippen MR) is 80.2 cm³/mol. The van der Waals surface area contributed by atoms with Crippen LogP contribution in [-0.2, 0) is 9.59 Å². The van der Waals surface area contributed by atoms with E-state index >= 15 is 0 Å². The van der Waals surface area contributed by atoms with Gasteiger partial charge < -0.3 is 9.80 Å². The lowest BCUT2D eigenvalue weighted by Gasteiger charge is -2.32. The van der Waals surface area contributed by atoms with Crippen LogP contribution in [0.2, 0.25) is 5.02 Å². The fraction of sp³-hybridized carbons (Fsp3) is 0.467. The quantitative estimate of drug-likeness (QED) is 0.851. The van der Waals surface area contributed by atoms with Gasteiger partial charge in [-0.1, -0.05) is 17.7 Å². The van der Waals surface area contributed by atoms with Crippen molar-refractivity contribution in [3.63, 3.8) is 0 Å². The lowest BCUT2D eigenvalue weighted by atomic mass is 9.94. The Kier molecular flexibility index (Phi) is 5.34. The molecular weight excluding hydrogens is 314 g/mol. The first-order valence-electron chi connectivity index (χ1n) is 6.97. The zero-order chi connectivity index (χ0) is 16.3. The number of halogens is 3. The maximum atomic E-state index is 12.8. The molecule has 0 radical (unpaired) electrons. The van der Waals surface area contributed by atoms with Crippen molar-refractivity contribution in [1.29, 1.82) is 0 Å². The zero-order valence-electron chi connectivity index (χ0n) is 12.1. The first-order chi connectivity index (χ1) is 10.4. The number of likely N-dealkylation sites (tertiary alicyclic amines) is 1. The molecule has 1 saturated heterocycles. The molecule has 0 bridgehead atoms. The highest BCUT2D eigenvalue weighted by Crippen LogP contribution is 2.26. The maximum Gasteiger partial charge on any atom is 0.256 e. The molecule has 0 spiro atoms. The molecule has 0 aromatic heterocycles. The Labute approximate surface area is 132 Å². The molecule has 1 aliphatic rings. The number of piperidine rings is 1. The van der Waals surface area contributed by atoms with E-state index in [1.54, 1.807) is 30.1 Å². The van der Waals surface area contributed by atoms with Crippen molar-refractivity contribution in [2.75, 3.05) is 25.0 Å². The van der Waals surface area contributed by atoms with Gasteiger partial charge >= 0.3 is 0 Å². The predicted octanol–water partition coefficient (Wildman–Crippen LogP) is 2.81. The number of hydrogen-bond donors (Lipinski definition) is 0. The fourth-order valence-electron chi connectivity index (χ4n) is 2.48. The summed E-state index contributed by atoms with van der Waals surface area (Å²) < 4.78 is 25.7. The standard InChI is InChI=1S/C15H17ClF2N2O2/c1-19-6-5-10(7-14(19)21)15(22)20(9-13(17)18)12-4-2-3-11(16)8-12/h2-4,8,10,13H,5-7,9H2,1H3. The van der Waals surface area contributed by atoms with E-state index in [1.165, 1.54) is 6.07 Å². The molecule has 2 rings (SSSR count). The summed E-state index contributed by atoms with van der Waals surface area (Å²) in [6.45, 7) is -0.257.